The Morgan fingerprint density at radius 2 is 1.83 bits per heavy atom. The Morgan fingerprint density at radius 1 is 1.08 bits per heavy atom. The van der Waals surface area contributed by atoms with Crippen LogP contribution in [-0.2, 0) is 9.53 Å². The Hall–Kier alpha value is -1.69. The van der Waals surface area contributed by atoms with E-state index in [2.05, 4.69) is 39.4 Å². The van der Waals surface area contributed by atoms with E-state index in [1.54, 1.807) is 0 Å². The molecule has 2 aliphatic heterocycles. The summed E-state index contributed by atoms with van der Waals surface area (Å²) in [4.78, 5) is 14.2. The minimum absolute atomic E-state index is 0.0561. The molecule has 2 aliphatic rings. The molecule has 2 heterocycles. The molecule has 1 fully saturated rings. The molecule has 2 aromatic rings. The van der Waals surface area contributed by atoms with E-state index in [1.807, 2.05) is 30.3 Å². The van der Waals surface area contributed by atoms with Gasteiger partial charge in [-0.1, -0.05) is 46.3 Å². The summed E-state index contributed by atoms with van der Waals surface area (Å²) in [7, 11) is 0. The number of quaternary nitrogens is 1. The zero-order valence-electron chi connectivity index (χ0n) is 13.3. The third-order valence-corrected chi connectivity index (χ3v) is 5.45. The highest BCUT2D eigenvalue weighted by Gasteiger charge is 2.44. The maximum Gasteiger partial charge on any atom is 0.283 e. The summed E-state index contributed by atoms with van der Waals surface area (Å²) in [6.45, 7) is 3.16. The van der Waals surface area contributed by atoms with Crippen molar-refractivity contribution in [3.63, 3.8) is 0 Å². The molecule has 2 aromatic carbocycles. The number of rotatable bonds is 2. The lowest BCUT2D eigenvalue weighted by molar-refractivity contribution is -0.924. The second kappa shape index (κ2) is 6.67. The minimum Gasteiger partial charge on any atom is -0.370 e. The van der Waals surface area contributed by atoms with E-state index in [1.165, 1.54) is 16.0 Å². The van der Waals surface area contributed by atoms with Gasteiger partial charge in [-0.15, -0.1) is 0 Å². The second-order valence-electron chi connectivity index (χ2n) is 6.36. The van der Waals surface area contributed by atoms with Crippen LogP contribution in [0.1, 0.15) is 17.0 Å². The summed E-state index contributed by atoms with van der Waals surface area (Å²) < 4.78 is 6.53. The average molecular weight is 388 g/mol. The largest absolute Gasteiger partial charge is 0.370 e. The third-order valence-electron chi connectivity index (χ3n) is 4.96. The number of ether oxygens (including phenoxy) is 1. The van der Waals surface area contributed by atoms with E-state index >= 15 is 0 Å². The van der Waals surface area contributed by atoms with Crippen LogP contribution in [0, 0.1) is 0 Å². The van der Waals surface area contributed by atoms with Crippen LogP contribution in [-0.4, -0.2) is 38.3 Å². The Morgan fingerprint density at radius 3 is 2.58 bits per heavy atom. The van der Waals surface area contributed by atoms with Gasteiger partial charge in [-0.05, 0) is 29.3 Å². The van der Waals surface area contributed by atoms with Crippen LogP contribution in [0.15, 0.2) is 53.0 Å². The first-order chi connectivity index (χ1) is 11.7. The number of morpholine rings is 1. The van der Waals surface area contributed by atoms with Crippen LogP contribution >= 0.6 is 15.9 Å². The van der Waals surface area contributed by atoms with E-state index in [0.29, 0.717) is 13.2 Å². The van der Waals surface area contributed by atoms with Gasteiger partial charge in [0.05, 0.1) is 19.1 Å². The molecule has 0 aromatic heterocycles. The first kappa shape index (κ1) is 15.8. The van der Waals surface area contributed by atoms with Crippen molar-refractivity contribution in [2.24, 2.45) is 0 Å². The maximum atomic E-state index is 12.9. The molecular formula is C19H20BrN2O2+. The van der Waals surface area contributed by atoms with Crippen molar-refractivity contribution in [2.45, 2.75) is 12.0 Å². The zero-order chi connectivity index (χ0) is 16.5. The lowest BCUT2D eigenvalue weighted by Crippen LogP contribution is -3.19. The predicted octanol–water partition coefficient (Wildman–Crippen LogP) is 1.82. The molecule has 4 nitrogen and oxygen atoms in total. The summed E-state index contributed by atoms with van der Waals surface area (Å²) in [5, 5.41) is 3.11. The summed E-state index contributed by atoms with van der Waals surface area (Å²) in [5.41, 5.74) is 3.29. The Kier molecular flexibility index (Phi) is 4.39. The SMILES string of the molecule is O=C1Nc2ccc(Br)cc2[C@H](c2ccccc2)[C@H]1[NH+]1CCOCC1. The fourth-order valence-electron chi connectivity index (χ4n) is 3.84. The first-order valence-corrected chi connectivity index (χ1v) is 9.11. The van der Waals surface area contributed by atoms with E-state index in [4.69, 9.17) is 4.74 Å². The van der Waals surface area contributed by atoms with E-state index in [0.717, 1.165) is 23.2 Å². The first-order valence-electron chi connectivity index (χ1n) is 8.31. The van der Waals surface area contributed by atoms with Crippen molar-refractivity contribution in [3.8, 4) is 0 Å². The molecule has 0 spiro atoms. The average Bonchev–Trinajstić information content (AvgIpc) is 2.62. The van der Waals surface area contributed by atoms with Gasteiger partial charge in [-0.25, -0.2) is 0 Å². The van der Waals surface area contributed by atoms with Crippen molar-refractivity contribution in [2.75, 3.05) is 31.6 Å². The van der Waals surface area contributed by atoms with E-state index in [9.17, 15) is 4.79 Å². The molecule has 0 radical (unpaired) electrons. The molecule has 0 bridgehead atoms. The van der Waals surface area contributed by atoms with Gasteiger partial charge in [-0.3, -0.25) is 4.79 Å². The van der Waals surface area contributed by atoms with Gasteiger partial charge in [0.25, 0.3) is 5.91 Å². The number of hydrogen-bond acceptors (Lipinski definition) is 2. The number of carbonyl (C=O) groups excluding carboxylic acids is 1. The Bertz CT molecular complexity index is 744. The highest BCUT2D eigenvalue weighted by Crippen LogP contribution is 2.37. The van der Waals surface area contributed by atoms with Crippen LogP contribution < -0.4 is 10.2 Å². The number of amides is 1. The normalized spacial score (nSPS) is 24.3. The molecule has 2 atom stereocenters. The van der Waals surface area contributed by atoms with Crippen LogP contribution in [0.4, 0.5) is 5.69 Å². The molecule has 4 rings (SSSR count). The number of carbonyl (C=O) groups is 1. The molecule has 2 N–H and O–H groups in total. The highest BCUT2D eigenvalue weighted by molar-refractivity contribution is 9.10. The van der Waals surface area contributed by atoms with E-state index in [-0.39, 0.29) is 17.9 Å². The van der Waals surface area contributed by atoms with Crippen LogP contribution in [0.25, 0.3) is 0 Å². The number of benzene rings is 2. The molecule has 0 unspecified atom stereocenters. The topological polar surface area (TPSA) is 42.8 Å². The summed E-state index contributed by atoms with van der Waals surface area (Å²) >= 11 is 3.58. The molecule has 0 saturated carbocycles. The van der Waals surface area contributed by atoms with Gasteiger partial charge in [0.1, 0.15) is 13.1 Å². The monoisotopic (exact) mass is 387 g/mol. The van der Waals surface area contributed by atoms with Crippen LogP contribution in [0.2, 0.25) is 0 Å². The van der Waals surface area contributed by atoms with Gasteiger partial charge in [-0.2, -0.15) is 0 Å². The van der Waals surface area contributed by atoms with Crippen molar-refractivity contribution in [3.05, 3.63) is 64.1 Å². The number of anilines is 1. The smallest absolute Gasteiger partial charge is 0.283 e. The minimum atomic E-state index is -0.127. The van der Waals surface area contributed by atoms with Gasteiger partial charge in [0.2, 0.25) is 0 Å². The quantitative estimate of drug-likeness (QED) is 0.825. The summed E-state index contributed by atoms with van der Waals surface area (Å²) in [5.74, 6) is 0.163. The lowest BCUT2D eigenvalue weighted by atomic mass is 9.80. The van der Waals surface area contributed by atoms with Crippen LogP contribution in [0.3, 0.4) is 0 Å². The fourth-order valence-corrected chi connectivity index (χ4v) is 4.22. The van der Waals surface area contributed by atoms with Crippen molar-refractivity contribution < 1.29 is 14.4 Å². The number of hydrogen-bond donors (Lipinski definition) is 2. The van der Waals surface area contributed by atoms with Gasteiger partial charge in [0.15, 0.2) is 6.04 Å². The molecule has 1 saturated heterocycles. The second-order valence-corrected chi connectivity index (χ2v) is 7.27. The van der Waals surface area contributed by atoms with E-state index < -0.39 is 0 Å². The van der Waals surface area contributed by atoms with Crippen molar-refractivity contribution in [1.82, 2.24) is 0 Å². The lowest BCUT2D eigenvalue weighted by Gasteiger charge is -2.39. The van der Waals surface area contributed by atoms with Crippen molar-refractivity contribution >= 4 is 27.5 Å². The number of nitrogens with one attached hydrogen (secondary N) is 2. The van der Waals surface area contributed by atoms with Crippen molar-refractivity contribution in [1.29, 1.82) is 0 Å². The maximum absolute atomic E-state index is 12.9. The predicted molar refractivity (Wildman–Crippen MR) is 96.4 cm³/mol. The number of halogens is 1. The highest BCUT2D eigenvalue weighted by atomic mass is 79.9. The molecule has 24 heavy (non-hydrogen) atoms. The fraction of sp³-hybridized carbons (Fsp3) is 0.316. The molecule has 0 aliphatic carbocycles. The van der Waals surface area contributed by atoms with Gasteiger partial charge >= 0.3 is 0 Å². The molecule has 124 valence electrons. The zero-order valence-corrected chi connectivity index (χ0v) is 14.9. The van der Waals surface area contributed by atoms with Gasteiger partial charge in [0, 0.05) is 10.2 Å². The standard InChI is InChI=1S/C19H19BrN2O2/c20-14-6-7-16-15(12-14)17(13-4-2-1-3-5-13)18(19(23)21-16)22-8-10-24-11-9-22/h1-7,12,17-18H,8-11H2,(H,21,23)/p+1/t17-,18+/m0/s1. The number of fused-ring (bicyclic) bond motifs is 1. The van der Waals surface area contributed by atoms with Gasteiger partial charge < -0.3 is 15.0 Å². The Balaban J connectivity index is 1.83. The molecule has 1 amide bonds. The molecular weight excluding hydrogens is 368 g/mol. The summed E-state index contributed by atoms with van der Waals surface area (Å²) in [6.07, 6.45) is 0. The summed E-state index contributed by atoms with van der Waals surface area (Å²) in [6, 6.07) is 16.3. The Labute approximate surface area is 149 Å². The molecule has 5 heteroatoms. The van der Waals surface area contributed by atoms with Crippen LogP contribution in [0.5, 0.6) is 0 Å². The third kappa shape index (κ3) is 2.88.